The highest BCUT2D eigenvalue weighted by molar-refractivity contribution is 5.96. The highest BCUT2D eigenvalue weighted by Gasteiger charge is 2.31. The maximum atomic E-state index is 12.0. The SMILES string of the molecule is COc1cc(C)c(N2CC(CN=[N+]=[N-])CC2=O)cn1. The van der Waals surface area contributed by atoms with Crippen molar-refractivity contribution < 1.29 is 9.53 Å². The van der Waals surface area contributed by atoms with Gasteiger partial charge >= 0.3 is 0 Å². The molecule has 1 aromatic rings. The topological polar surface area (TPSA) is 91.2 Å². The van der Waals surface area contributed by atoms with Gasteiger partial charge in [0.2, 0.25) is 11.8 Å². The van der Waals surface area contributed by atoms with Gasteiger partial charge in [0.1, 0.15) is 0 Å². The zero-order valence-corrected chi connectivity index (χ0v) is 10.9. The Bertz CT molecular complexity index is 539. The average molecular weight is 261 g/mol. The van der Waals surface area contributed by atoms with Crippen LogP contribution in [0.15, 0.2) is 17.4 Å². The molecule has 1 aliphatic rings. The lowest BCUT2D eigenvalue weighted by Gasteiger charge is -2.18. The van der Waals surface area contributed by atoms with Gasteiger partial charge in [0.25, 0.3) is 0 Å². The lowest BCUT2D eigenvalue weighted by Crippen LogP contribution is -2.25. The van der Waals surface area contributed by atoms with E-state index in [0.29, 0.717) is 25.4 Å². The van der Waals surface area contributed by atoms with Crippen molar-refractivity contribution in [2.24, 2.45) is 11.0 Å². The van der Waals surface area contributed by atoms with Gasteiger partial charge in [-0.2, -0.15) is 0 Å². The minimum Gasteiger partial charge on any atom is -0.481 e. The van der Waals surface area contributed by atoms with Gasteiger partial charge in [0, 0.05) is 30.5 Å². The number of hydrogen-bond acceptors (Lipinski definition) is 4. The molecular weight excluding hydrogens is 246 g/mol. The molecule has 1 amide bonds. The molecule has 0 radical (unpaired) electrons. The van der Waals surface area contributed by atoms with Crippen LogP contribution in [0, 0.1) is 12.8 Å². The first-order chi connectivity index (χ1) is 9.15. The molecule has 0 saturated carbocycles. The number of hydrogen-bond donors (Lipinski definition) is 0. The number of nitrogens with zero attached hydrogens (tertiary/aromatic N) is 5. The number of carbonyl (C=O) groups excluding carboxylic acids is 1. The molecule has 1 saturated heterocycles. The summed E-state index contributed by atoms with van der Waals surface area (Å²) in [6.45, 7) is 2.82. The second kappa shape index (κ2) is 5.58. The summed E-state index contributed by atoms with van der Waals surface area (Å²) in [6, 6.07) is 1.80. The lowest BCUT2D eigenvalue weighted by atomic mass is 10.1. The van der Waals surface area contributed by atoms with E-state index < -0.39 is 0 Å². The quantitative estimate of drug-likeness (QED) is 0.472. The molecule has 1 unspecified atom stereocenters. The zero-order valence-electron chi connectivity index (χ0n) is 10.9. The third kappa shape index (κ3) is 2.77. The first kappa shape index (κ1) is 13.2. The molecular formula is C12H15N5O2. The van der Waals surface area contributed by atoms with Crippen LogP contribution in [0.25, 0.3) is 10.4 Å². The molecule has 1 aromatic heterocycles. The Morgan fingerprint density at radius 1 is 1.68 bits per heavy atom. The number of pyridine rings is 1. The molecule has 2 heterocycles. The molecule has 0 N–H and O–H groups in total. The van der Waals surface area contributed by atoms with E-state index in [1.54, 1.807) is 24.3 Å². The fraction of sp³-hybridized carbons (Fsp3) is 0.500. The van der Waals surface area contributed by atoms with Gasteiger partial charge < -0.3 is 9.64 Å². The number of azide groups is 1. The largest absolute Gasteiger partial charge is 0.481 e. The predicted octanol–water partition coefficient (Wildman–Crippen LogP) is 2.06. The molecule has 1 atom stereocenters. The van der Waals surface area contributed by atoms with E-state index in [-0.39, 0.29) is 11.8 Å². The Hall–Kier alpha value is -2.27. The van der Waals surface area contributed by atoms with E-state index in [1.165, 1.54) is 0 Å². The third-order valence-corrected chi connectivity index (χ3v) is 3.17. The van der Waals surface area contributed by atoms with Crippen LogP contribution in [0.4, 0.5) is 5.69 Å². The van der Waals surface area contributed by atoms with Crippen molar-refractivity contribution in [3.63, 3.8) is 0 Å². The maximum absolute atomic E-state index is 12.0. The fourth-order valence-corrected chi connectivity index (χ4v) is 2.21. The van der Waals surface area contributed by atoms with Crippen molar-refractivity contribution in [1.29, 1.82) is 0 Å². The number of rotatable bonds is 4. The average Bonchev–Trinajstić information content (AvgIpc) is 2.77. The normalized spacial score (nSPS) is 18.3. The van der Waals surface area contributed by atoms with Gasteiger partial charge in [-0.25, -0.2) is 4.98 Å². The van der Waals surface area contributed by atoms with Crippen LogP contribution in [-0.2, 0) is 4.79 Å². The van der Waals surface area contributed by atoms with Crippen LogP contribution >= 0.6 is 0 Å². The number of amides is 1. The predicted molar refractivity (Wildman–Crippen MR) is 70.0 cm³/mol. The molecule has 0 aliphatic carbocycles. The van der Waals surface area contributed by atoms with Gasteiger partial charge in [0.15, 0.2) is 0 Å². The van der Waals surface area contributed by atoms with Crippen molar-refractivity contribution in [1.82, 2.24) is 4.98 Å². The van der Waals surface area contributed by atoms with Gasteiger partial charge in [-0.3, -0.25) is 4.79 Å². The number of carbonyl (C=O) groups is 1. The summed E-state index contributed by atoms with van der Waals surface area (Å²) < 4.78 is 5.04. The summed E-state index contributed by atoms with van der Waals surface area (Å²) in [5, 5.41) is 3.53. The van der Waals surface area contributed by atoms with E-state index in [1.807, 2.05) is 6.92 Å². The molecule has 1 aliphatic heterocycles. The summed E-state index contributed by atoms with van der Waals surface area (Å²) in [5.41, 5.74) is 10.0. The van der Waals surface area contributed by atoms with Crippen molar-refractivity contribution >= 4 is 11.6 Å². The van der Waals surface area contributed by atoms with E-state index in [2.05, 4.69) is 15.0 Å². The second-order valence-corrected chi connectivity index (χ2v) is 4.50. The van der Waals surface area contributed by atoms with Gasteiger partial charge in [-0.15, -0.1) is 0 Å². The number of methoxy groups -OCH3 is 1. The molecule has 0 bridgehead atoms. The highest BCUT2D eigenvalue weighted by Crippen LogP contribution is 2.28. The summed E-state index contributed by atoms with van der Waals surface area (Å²) in [5.74, 6) is 0.636. The highest BCUT2D eigenvalue weighted by atomic mass is 16.5. The zero-order chi connectivity index (χ0) is 13.8. The molecule has 0 aromatic carbocycles. The summed E-state index contributed by atoms with van der Waals surface area (Å²) in [6.07, 6.45) is 2.05. The monoisotopic (exact) mass is 261 g/mol. The molecule has 1 fully saturated rings. The molecule has 7 heteroatoms. The van der Waals surface area contributed by atoms with E-state index in [9.17, 15) is 4.79 Å². The van der Waals surface area contributed by atoms with Crippen molar-refractivity contribution in [2.45, 2.75) is 13.3 Å². The van der Waals surface area contributed by atoms with Gasteiger partial charge in [-0.05, 0) is 23.9 Å². The lowest BCUT2D eigenvalue weighted by molar-refractivity contribution is -0.117. The van der Waals surface area contributed by atoms with Crippen molar-refractivity contribution in [3.8, 4) is 5.88 Å². The Balaban J connectivity index is 2.18. The van der Waals surface area contributed by atoms with Crippen molar-refractivity contribution in [3.05, 3.63) is 28.3 Å². The molecule has 19 heavy (non-hydrogen) atoms. The number of aromatic nitrogens is 1. The third-order valence-electron chi connectivity index (χ3n) is 3.17. The Kier molecular flexibility index (Phi) is 3.87. The smallest absolute Gasteiger partial charge is 0.227 e. The van der Waals surface area contributed by atoms with E-state index in [0.717, 1.165) is 11.3 Å². The van der Waals surface area contributed by atoms with Crippen LogP contribution in [0.2, 0.25) is 0 Å². The molecule has 100 valence electrons. The summed E-state index contributed by atoms with van der Waals surface area (Å²) in [7, 11) is 1.55. The number of aryl methyl sites for hydroxylation is 1. The standard InChI is InChI=1S/C12H15N5O2/c1-8-3-11(19-2)14-6-10(8)17-7-9(4-12(17)18)5-15-16-13/h3,6,9H,4-5,7H2,1-2H3. The van der Waals surface area contributed by atoms with Crippen LogP contribution in [0.5, 0.6) is 5.88 Å². The Morgan fingerprint density at radius 2 is 2.47 bits per heavy atom. The Morgan fingerprint density at radius 3 is 3.11 bits per heavy atom. The van der Waals surface area contributed by atoms with E-state index >= 15 is 0 Å². The second-order valence-electron chi connectivity index (χ2n) is 4.50. The minimum absolute atomic E-state index is 0.0354. The maximum Gasteiger partial charge on any atom is 0.227 e. The molecule has 7 nitrogen and oxygen atoms in total. The van der Waals surface area contributed by atoms with Gasteiger partial charge in [-0.1, -0.05) is 5.11 Å². The van der Waals surface area contributed by atoms with E-state index in [4.69, 9.17) is 10.3 Å². The number of anilines is 1. The number of ether oxygens (including phenoxy) is 1. The van der Waals surface area contributed by atoms with Crippen LogP contribution in [-0.4, -0.2) is 31.1 Å². The van der Waals surface area contributed by atoms with Crippen LogP contribution in [0.1, 0.15) is 12.0 Å². The molecule has 0 spiro atoms. The first-order valence-corrected chi connectivity index (χ1v) is 5.97. The Labute approximate surface area is 110 Å². The molecule has 2 rings (SSSR count). The van der Waals surface area contributed by atoms with Crippen molar-refractivity contribution in [2.75, 3.05) is 25.1 Å². The van der Waals surface area contributed by atoms with Crippen LogP contribution < -0.4 is 9.64 Å². The minimum atomic E-state index is 0.0354. The van der Waals surface area contributed by atoms with Gasteiger partial charge in [0.05, 0.1) is 19.0 Å². The fourth-order valence-electron chi connectivity index (χ4n) is 2.21. The summed E-state index contributed by atoms with van der Waals surface area (Å²) in [4.78, 5) is 20.5. The van der Waals surface area contributed by atoms with Crippen LogP contribution in [0.3, 0.4) is 0 Å². The summed E-state index contributed by atoms with van der Waals surface area (Å²) >= 11 is 0. The first-order valence-electron chi connectivity index (χ1n) is 5.97.